The minimum absolute atomic E-state index is 0.196. The Labute approximate surface area is 149 Å². The lowest BCUT2D eigenvalue weighted by Crippen LogP contribution is -2.15. The van der Waals surface area contributed by atoms with Crippen LogP contribution in [0.5, 0.6) is 0 Å². The summed E-state index contributed by atoms with van der Waals surface area (Å²) in [6, 6.07) is 16.5. The molecule has 0 bridgehead atoms. The van der Waals surface area contributed by atoms with Crippen molar-refractivity contribution < 1.29 is 8.42 Å². The van der Waals surface area contributed by atoms with E-state index in [0.29, 0.717) is 21.5 Å². The molecule has 7 heteroatoms. The molecule has 0 saturated carbocycles. The lowest BCUT2D eigenvalue weighted by molar-refractivity contribution is 0.600. The predicted molar refractivity (Wildman–Crippen MR) is 98.0 cm³/mol. The van der Waals surface area contributed by atoms with Gasteiger partial charge in [0.15, 0.2) is 0 Å². The number of aromatic nitrogens is 2. The summed E-state index contributed by atoms with van der Waals surface area (Å²) >= 11 is 3.35. The van der Waals surface area contributed by atoms with Gasteiger partial charge in [0.1, 0.15) is 4.90 Å². The molecule has 0 aliphatic heterocycles. The van der Waals surface area contributed by atoms with E-state index in [1.165, 1.54) is 0 Å². The van der Waals surface area contributed by atoms with E-state index in [1.54, 1.807) is 36.7 Å². The summed E-state index contributed by atoms with van der Waals surface area (Å²) in [5.41, 5.74) is 2.33. The van der Waals surface area contributed by atoms with Gasteiger partial charge in [-0.15, -0.1) is 0 Å². The number of sulfonamides is 1. The first-order valence-corrected chi connectivity index (χ1v) is 9.57. The fourth-order valence-electron chi connectivity index (χ4n) is 2.58. The molecule has 0 atom stereocenters. The highest BCUT2D eigenvalue weighted by Crippen LogP contribution is 2.28. The van der Waals surface area contributed by atoms with Crippen LogP contribution < -0.4 is 4.72 Å². The van der Waals surface area contributed by atoms with Crippen molar-refractivity contribution in [1.29, 1.82) is 0 Å². The molecule has 0 unspecified atom stereocenters. The van der Waals surface area contributed by atoms with Crippen LogP contribution >= 0.6 is 15.9 Å². The smallest absolute Gasteiger partial charge is 0.265 e. The number of anilines is 1. The van der Waals surface area contributed by atoms with E-state index in [0.717, 1.165) is 5.69 Å². The number of hydrogen-bond donors (Lipinski definition) is 1. The molecule has 5 nitrogen and oxygen atoms in total. The Kier molecular flexibility index (Phi) is 4.47. The zero-order chi connectivity index (χ0) is 17.3. The third-order valence-corrected chi connectivity index (χ3v) is 5.92. The predicted octanol–water partition coefficient (Wildman–Crippen LogP) is 4.05. The highest BCUT2D eigenvalue weighted by molar-refractivity contribution is 9.10. The third kappa shape index (κ3) is 3.09. The molecule has 1 heterocycles. The normalized spacial score (nSPS) is 11.5. The lowest BCUT2D eigenvalue weighted by atomic mass is 10.3. The summed E-state index contributed by atoms with van der Waals surface area (Å²) in [6.45, 7) is 3.45. The second-order valence-electron chi connectivity index (χ2n) is 5.33. The van der Waals surface area contributed by atoms with Crippen molar-refractivity contribution in [1.82, 2.24) is 9.78 Å². The van der Waals surface area contributed by atoms with Gasteiger partial charge in [-0.2, -0.15) is 5.10 Å². The molecule has 1 aromatic heterocycles. The summed E-state index contributed by atoms with van der Waals surface area (Å²) < 4.78 is 30.7. The summed E-state index contributed by atoms with van der Waals surface area (Å²) in [5.74, 6) is 0. The Morgan fingerprint density at radius 1 is 1.00 bits per heavy atom. The number of benzene rings is 2. The number of nitrogens with zero attached hydrogens (tertiary/aromatic N) is 2. The van der Waals surface area contributed by atoms with Crippen molar-refractivity contribution in [2.45, 2.75) is 18.7 Å². The molecule has 0 aliphatic carbocycles. The van der Waals surface area contributed by atoms with Crippen molar-refractivity contribution >= 4 is 31.6 Å². The lowest BCUT2D eigenvalue weighted by Gasteiger charge is -2.10. The molecule has 0 spiro atoms. The van der Waals surface area contributed by atoms with E-state index in [4.69, 9.17) is 0 Å². The maximum absolute atomic E-state index is 12.9. The Hall–Kier alpha value is -2.12. The topological polar surface area (TPSA) is 64.0 Å². The Morgan fingerprint density at radius 2 is 1.62 bits per heavy atom. The fraction of sp³-hybridized carbons (Fsp3) is 0.118. The van der Waals surface area contributed by atoms with Crippen LogP contribution in [0.3, 0.4) is 0 Å². The minimum atomic E-state index is -3.75. The quantitative estimate of drug-likeness (QED) is 0.711. The van der Waals surface area contributed by atoms with E-state index < -0.39 is 10.0 Å². The van der Waals surface area contributed by atoms with Crippen molar-refractivity contribution in [3.63, 3.8) is 0 Å². The second kappa shape index (κ2) is 6.41. The molecular formula is C17H16BrN3O2S. The molecule has 24 heavy (non-hydrogen) atoms. The Morgan fingerprint density at radius 3 is 2.29 bits per heavy atom. The number of aryl methyl sites for hydroxylation is 1. The molecule has 0 fully saturated rings. The van der Waals surface area contributed by atoms with Crippen LogP contribution in [0.15, 0.2) is 64.0 Å². The zero-order valence-corrected chi connectivity index (χ0v) is 15.6. The van der Waals surface area contributed by atoms with Crippen LogP contribution in [0.2, 0.25) is 0 Å². The van der Waals surface area contributed by atoms with Gasteiger partial charge in [-0.1, -0.05) is 30.3 Å². The first kappa shape index (κ1) is 16.7. The van der Waals surface area contributed by atoms with Gasteiger partial charge < -0.3 is 0 Å². The van der Waals surface area contributed by atoms with E-state index in [1.807, 2.05) is 36.4 Å². The molecule has 3 rings (SSSR count). The number of halogens is 1. The number of nitrogens with one attached hydrogen (secondary N) is 1. The van der Waals surface area contributed by atoms with Gasteiger partial charge in [-0.05, 0) is 54.0 Å². The van der Waals surface area contributed by atoms with E-state index in [2.05, 4.69) is 25.8 Å². The van der Waals surface area contributed by atoms with Crippen LogP contribution in [-0.4, -0.2) is 18.2 Å². The van der Waals surface area contributed by atoms with Crippen LogP contribution in [0.1, 0.15) is 11.4 Å². The average Bonchev–Trinajstić information content (AvgIpc) is 2.86. The highest BCUT2D eigenvalue weighted by atomic mass is 79.9. The Bertz CT molecular complexity index is 982. The van der Waals surface area contributed by atoms with Crippen molar-refractivity contribution in [2.24, 2.45) is 0 Å². The molecule has 0 saturated heterocycles. The second-order valence-corrected chi connectivity index (χ2v) is 7.81. The van der Waals surface area contributed by atoms with E-state index in [-0.39, 0.29) is 4.90 Å². The van der Waals surface area contributed by atoms with Crippen molar-refractivity contribution in [2.75, 3.05) is 4.72 Å². The van der Waals surface area contributed by atoms with Crippen molar-refractivity contribution in [3.8, 4) is 5.69 Å². The first-order chi connectivity index (χ1) is 11.4. The van der Waals surface area contributed by atoms with Crippen LogP contribution in [0, 0.1) is 13.8 Å². The highest BCUT2D eigenvalue weighted by Gasteiger charge is 2.25. The Balaban J connectivity index is 2.06. The maximum Gasteiger partial charge on any atom is 0.265 e. The van der Waals surface area contributed by atoms with Gasteiger partial charge in [0.05, 0.1) is 22.8 Å². The van der Waals surface area contributed by atoms with Crippen LogP contribution in [-0.2, 0) is 10.0 Å². The van der Waals surface area contributed by atoms with E-state index in [9.17, 15) is 8.42 Å². The van der Waals surface area contributed by atoms with Gasteiger partial charge in [-0.25, -0.2) is 13.1 Å². The van der Waals surface area contributed by atoms with Gasteiger partial charge >= 0.3 is 0 Å². The monoisotopic (exact) mass is 405 g/mol. The van der Waals surface area contributed by atoms with Crippen molar-refractivity contribution in [3.05, 3.63) is 70.5 Å². The first-order valence-electron chi connectivity index (χ1n) is 7.29. The summed E-state index contributed by atoms with van der Waals surface area (Å²) in [4.78, 5) is 0.196. The average molecular weight is 406 g/mol. The maximum atomic E-state index is 12.9. The molecular weight excluding hydrogens is 390 g/mol. The number of hydrogen-bond acceptors (Lipinski definition) is 3. The van der Waals surface area contributed by atoms with Crippen LogP contribution in [0.4, 0.5) is 5.69 Å². The van der Waals surface area contributed by atoms with Gasteiger partial charge in [0.25, 0.3) is 10.0 Å². The molecule has 0 aliphatic rings. The molecule has 0 amide bonds. The standard InChI is InChI=1S/C17H16BrN3O2S/c1-12-17(13(2)21(19-12)14-8-4-3-5-9-14)24(22,23)20-16-11-7-6-10-15(16)18/h3-11,20H,1-2H3. The third-order valence-electron chi connectivity index (χ3n) is 3.61. The summed E-state index contributed by atoms with van der Waals surface area (Å²) in [5, 5.41) is 4.40. The van der Waals surface area contributed by atoms with Crippen LogP contribution in [0.25, 0.3) is 5.69 Å². The van der Waals surface area contributed by atoms with Gasteiger partial charge in [0.2, 0.25) is 0 Å². The van der Waals surface area contributed by atoms with E-state index >= 15 is 0 Å². The molecule has 124 valence electrons. The molecule has 1 N–H and O–H groups in total. The summed E-state index contributed by atoms with van der Waals surface area (Å²) in [6.07, 6.45) is 0. The SMILES string of the molecule is Cc1nn(-c2ccccc2)c(C)c1S(=O)(=O)Nc1ccccc1Br. The molecule has 3 aromatic rings. The number of rotatable bonds is 4. The van der Waals surface area contributed by atoms with Gasteiger partial charge in [-0.3, -0.25) is 4.72 Å². The fourth-order valence-corrected chi connectivity index (χ4v) is 4.57. The zero-order valence-electron chi connectivity index (χ0n) is 13.2. The number of para-hydroxylation sites is 2. The molecule has 0 radical (unpaired) electrons. The van der Waals surface area contributed by atoms with Gasteiger partial charge in [0, 0.05) is 4.47 Å². The summed E-state index contributed by atoms with van der Waals surface area (Å²) in [7, 11) is -3.75. The molecule has 2 aromatic carbocycles. The minimum Gasteiger partial charge on any atom is -0.278 e. The largest absolute Gasteiger partial charge is 0.278 e.